The number of aliphatic hydroxyl groups excluding tert-OH is 1. The van der Waals surface area contributed by atoms with Gasteiger partial charge in [-0.25, -0.2) is 4.39 Å². The Kier molecular flexibility index (Phi) is 5.11. The van der Waals surface area contributed by atoms with Gasteiger partial charge < -0.3 is 10.0 Å². The van der Waals surface area contributed by atoms with Crippen molar-refractivity contribution in [2.45, 2.75) is 32.9 Å². The molecule has 0 saturated heterocycles. The minimum absolute atomic E-state index is 0.0336. The zero-order chi connectivity index (χ0) is 13.9. The van der Waals surface area contributed by atoms with Crippen LogP contribution in [0.5, 0.6) is 0 Å². The van der Waals surface area contributed by atoms with E-state index < -0.39 is 17.8 Å². The van der Waals surface area contributed by atoms with Gasteiger partial charge in [0, 0.05) is 17.6 Å². The summed E-state index contributed by atoms with van der Waals surface area (Å²) in [6.07, 6.45) is -0.660. The summed E-state index contributed by atoms with van der Waals surface area (Å²) in [5, 5.41) is 9.62. The molecule has 0 spiro atoms. The van der Waals surface area contributed by atoms with Crippen LogP contribution in [0.3, 0.4) is 0 Å². The summed E-state index contributed by atoms with van der Waals surface area (Å²) in [5.41, 5.74) is -0.0336. The standard InChI is InChI=1S/C13H17ClFNO2/c1-8(2)16(7-9(3)17)13(18)11-5-4-10(14)6-12(11)15/h4-6,8-9,17H,7H2,1-3H3. The van der Waals surface area contributed by atoms with E-state index in [-0.39, 0.29) is 23.2 Å². The van der Waals surface area contributed by atoms with Crippen LogP contribution >= 0.6 is 11.6 Å². The molecule has 0 aliphatic heterocycles. The fourth-order valence-corrected chi connectivity index (χ4v) is 1.79. The van der Waals surface area contributed by atoms with E-state index >= 15 is 0 Å². The summed E-state index contributed by atoms with van der Waals surface area (Å²) in [6.45, 7) is 5.38. The highest BCUT2D eigenvalue weighted by Gasteiger charge is 2.22. The molecular formula is C13H17ClFNO2. The van der Waals surface area contributed by atoms with Gasteiger partial charge in [0.05, 0.1) is 11.7 Å². The number of amides is 1. The van der Waals surface area contributed by atoms with Gasteiger partial charge in [0.25, 0.3) is 5.91 Å². The van der Waals surface area contributed by atoms with Crippen LogP contribution in [0.4, 0.5) is 4.39 Å². The zero-order valence-corrected chi connectivity index (χ0v) is 11.4. The van der Waals surface area contributed by atoms with Crippen LogP contribution in [-0.2, 0) is 0 Å². The van der Waals surface area contributed by atoms with Crippen LogP contribution in [0.25, 0.3) is 0 Å². The van der Waals surface area contributed by atoms with E-state index in [1.807, 2.05) is 13.8 Å². The Labute approximate surface area is 111 Å². The number of benzene rings is 1. The molecule has 0 aromatic heterocycles. The van der Waals surface area contributed by atoms with E-state index in [0.717, 1.165) is 6.07 Å². The van der Waals surface area contributed by atoms with Crippen molar-refractivity contribution in [3.8, 4) is 0 Å². The third kappa shape index (κ3) is 3.68. The molecule has 1 amide bonds. The second-order valence-electron chi connectivity index (χ2n) is 4.52. The highest BCUT2D eigenvalue weighted by molar-refractivity contribution is 6.30. The van der Waals surface area contributed by atoms with Crippen molar-refractivity contribution in [2.24, 2.45) is 0 Å². The number of carbonyl (C=O) groups is 1. The predicted molar refractivity (Wildman–Crippen MR) is 69.3 cm³/mol. The minimum Gasteiger partial charge on any atom is -0.392 e. The number of nitrogens with zero attached hydrogens (tertiary/aromatic N) is 1. The third-order valence-electron chi connectivity index (χ3n) is 2.51. The smallest absolute Gasteiger partial charge is 0.257 e. The zero-order valence-electron chi connectivity index (χ0n) is 10.7. The highest BCUT2D eigenvalue weighted by atomic mass is 35.5. The lowest BCUT2D eigenvalue weighted by Gasteiger charge is -2.28. The number of rotatable bonds is 4. The third-order valence-corrected chi connectivity index (χ3v) is 2.74. The van der Waals surface area contributed by atoms with Crippen molar-refractivity contribution in [3.05, 3.63) is 34.6 Å². The molecular weight excluding hydrogens is 257 g/mol. The Morgan fingerprint density at radius 2 is 2.06 bits per heavy atom. The molecule has 18 heavy (non-hydrogen) atoms. The molecule has 1 aromatic carbocycles. The maximum Gasteiger partial charge on any atom is 0.257 e. The summed E-state index contributed by atoms with van der Waals surface area (Å²) in [6, 6.07) is 3.81. The Hall–Kier alpha value is -1.13. The molecule has 0 saturated carbocycles. The summed E-state index contributed by atoms with van der Waals surface area (Å²) >= 11 is 5.64. The van der Waals surface area contributed by atoms with Crippen molar-refractivity contribution in [2.75, 3.05) is 6.54 Å². The fourth-order valence-electron chi connectivity index (χ4n) is 1.63. The summed E-state index contributed by atoms with van der Waals surface area (Å²) in [5.74, 6) is -1.09. The van der Waals surface area contributed by atoms with E-state index in [4.69, 9.17) is 11.6 Å². The van der Waals surface area contributed by atoms with Gasteiger partial charge in [0.2, 0.25) is 0 Å². The fraction of sp³-hybridized carbons (Fsp3) is 0.462. The number of hydrogen-bond acceptors (Lipinski definition) is 2. The minimum atomic E-state index is -0.660. The highest BCUT2D eigenvalue weighted by Crippen LogP contribution is 2.17. The molecule has 0 fully saturated rings. The first-order chi connectivity index (χ1) is 8.32. The second kappa shape index (κ2) is 6.16. The van der Waals surface area contributed by atoms with Crippen LogP contribution in [0, 0.1) is 5.82 Å². The van der Waals surface area contributed by atoms with Crippen molar-refractivity contribution >= 4 is 17.5 Å². The van der Waals surface area contributed by atoms with Gasteiger partial charge in [0.15, 0.2) is 0 Å². The van der Waals surface area contributed by atoms with E-state index in [1.54, 1.807) is 6.92 Å². The molecule has 0 aliphatic rings. The molecule has 3 nitrogen and oxygen atoms in total. The van der Waals surface area contributed by atoms with E-state index in [1.165, 1.54) is 17.0 Å². The molecule has 1 N–H and O–H groups in total. The number of carbonyl (C=O) groups excluding carboxylic acids is 1. The van der Waals surface area contributed by atoms with Crippen molar-refractivity contribution < 1.29 is 14.3 Å². The van der Waals surface area contributed by atoms with Crippen LogP contribution in [0.2, 0.25) is 5.02 Å². The average molecular weight is 274 g/mol. The Morgan fingerprint density at radius 1 is 1.44 bits per heavy atom. The van der Waals surface area contributed by atoms with Gasteiger partial charge >= 0.3 is 0 Å². The van der Waals surface area contributed by atoms with Gasteiger partial charge in [-0.05, 0) is 39.0 Å². The van der Waals surface area contributed by atoms with Gasteiger partial charge in [0.1, 0.15) is 5.82 Å². The molecule has 100 valence electrons. The second-order valence-corrected chi connectivity index (χ2v) is 4.96. The summed E-state index contributed by atoms with van der Waals surface area (Å²) < 4.78 is 13.7. The molecule has 1 rings (SSSR count). The number of hydrogen-bond donors (Lipinski definition) is 1. The van der Waals surface area contributed by atoms with Crippen LogP contribution in [0.1, 0.15) is 31.1 Å². The normalized spacial score (nSPS) is 12.6. The molecule has 0 radical (unpaired) electrons. The van der Waals surface area contributed by atoms with Crippen molar-refractivity contribution in [1.29, 1.82) is 0 Å². The number of halogens is 2. The summed E-state index contributed by atoms with van der Waals surface area (Å²) in [7, 11) is 0. The van der Waals surface area contributed by atoms with Gasteiger partial charge in [-0.15, -0.1) is 0 Å². The lowest BCUT2D eigenvalue weighted by molar-refractivity contribution is 0.0574. The molecule has 0 heterocycles. The first-order valence-electron chi connectivity index (χ1n) is 5.77. The molecule has 1 aromatic rings. The summed E-state index contributed by atoms with van der Waals surface area (Å²) in [4.78, 5) is 13.6. The van der Waals surface area contributed by atoms with Gasteiger partial charge in [-0.1, -0.05) is 11.6 Å². The average Bonchev–Trinajstić information content (AvgIpc) is 2.24. The first kappa shape index (κ1) is 14.9. The van der Waals surface area contributed by atoms with Crippen molar-refractivity contribution in [1.82, 2.24) is 4.90 Å². The Bertz CT molecular complexity index is 435. The van der Waals surface area contributed by atoms with Crippen LogP contribution in [0.15, 0.2) is 18.2 Å². The monoisotopic (exact) mass is 273 g/mol. The predicted octanol–water partition coefficient (Wildman–Crippen LogP) is 2.71. The Balaban J connectivity index is 3.02. The van der Waals surface area contributed by atoms with Crippen LogP contribution in [-0.4, -0.2) is 34.6 Å². The largest absolute Gasteiger partial charge is 0.392 e. The lowest BCUT2D eigenvalue weighted by Crippen LogP contribution is -2.41. The lowest BCUT2D eigenvalue weighted by atomic mass is 10.1. The van der Waals surface area contributed by atoms with Crippen LogP contribution < -0.4 is 0 Å². The Morgan fingerprint density at radius 3 is 2.50 bits per heavy atom. The molecule has 0 bridgehead atoms. The quantitative estimate of drug-likeness (QED) is 0.916. The molecule has 1 atom stereocenters. The van der Waals surface area contributed by atoms with Crippen molar-refractivity contribution in [3.63, 3.8) is 0 Å². The molecule has 5 heteroatoms. The maximum absolute atomic E-state index is 13.7. The van der Waals surface area contributed by atoms with E-state index in [9.17, 15) is 14.3 Å². The molecule has 1 unspecified atom stereocenters. The van der Waals surface area contributed by atoms with Gasteiger partial charge in [-0.2, -0.15) is 0 Å². The van der Waals surface area contributed by atoms with E-state index in [0.29, 0.717) is 0 Å². The number of aliphatic hydroxyl groups is 1. The van der Waals surface area contributed by atoms with Gasteiger partial charge in [-0.3, -0.25) is 4.79 Å². The topological polar surface area (TPSA) is 40.5 Å². The SMILES string of the molecule is CC(O)CN(C(=O)c1ccc(Cl)cc1F)C(C)C. The maximum atomic E-state index is 13.7. The van der Waals surface area contributed by atoms with E-state index in [2.05, 4.69) is 0 Å². The first-order valence-corrected chi connectivity index (χ1v) is 6.14. The molecule has 0 aliphatic carbocycles.